The van der Waals surface area contributed by atoms with Crippen molar-refractivity contribution in [2.45, 2.75) is 44.8 Å². The van der Waals surface area contributed by atoms with E-state index in [0.717, 1.165) is 30.9 Å². The number of halogens is 4. The Morgan fingerprint density at radius 3 is 1.24 bits per heavy atom. The van der Waals surface area contributed by atoms with E-state index in [-0.39, 0.29) is 49.6 Å². The maximum atomic E-state index is 2.40. The van der Waals surface area contributed by atoms with Gasteiger partial charge >= 0.3 is 155 Å². The molecule has 42 heavy (non-hydrogen) atoms. The van der Waals surface area contributed by atoms with Crippen LogP contribution in [-0.2, 0) is 49.4 Å². The maximum absolute atomic E-state index is 2.40. The summed E-state index contributed by atoms with van der Waals surface area (Å²) in [4.78, 5) is 0. The van der Waals surface area contributed by atoms with Gasteiger partial charge in [0.2, 0.25) is 0 Å². The molecular weight excluding hydrogens is 757 g/mol. The number of fused-ring (bicyclic) bond motifs is 4. The molecule has 2 aromatic rings. The van der Waals surface area contributed by atoms with Gasteiger partial charge in [-0.05, 0) is 22.3 Å². The van der Waals surface area contributed by atoms with Crippen molar-refractivity contribution in [3.8, 4) is 0 Å². The van der Waals surface area contributed by atoms with Gasteiger partial charge in [0.15, 0.2) is 0 Å². The van der Waals surface area contributed by atoms with Gasteiger partial charge in [0, 0.05) is 11.8 Å². The third kappa shape index (κ3) is 8.53. The van der Waals surface area contributed by atoms with Crippen molar-refractivity contribution in [3.05, 3.63) is 132 Å². The van der Waals surface area contributed by atoms with Crippen molar-refractivity contribution < 1.29 is 49.4 Å². The van der Waals surface area contributed by atoms with Crippen molar-refractivity contribution in [2.75, 3.05) is 0 Å². The molecule has 8 unspecified atom stereocenters. The topological polar surface area (TPSA) is 0 Å². The molecule has 0 nitrogen and oxygen atoms in total. The molecule has 2 saturated carbocycles. The Morgan fingerprint density at radius 2 is 0.833 bits per heavy atom. The van der Waals surface area contributed by atoms with E-state index >= 15 is 0 Å². The zero-order chi connectivity index (χ0) is 25.9. The van der Waals surface area contributed by atoms with E-state index in [4.69, 9.17) is 0 Å². The standard InChI is InChI=1S/C18H14.2C9H11.4ClH.2Zr/c1-3-7-15-13(5-1)9-11-17(15)18-12-10-14-6-2-4-8-16(14)18;2*1-2-5-9-7-3-6-8(9)4-1;;;;;;/h1-12,17-18H;2*1-2,4-6,8-9H,3,7H2;4*1H;;. The van der Waals surface area contributed by atoms with Crippen LogP contribution in [0.3, 0.4) is 0 Å². The monoisotopic (exact) mass is 792 g/mol. The van der Waals surface area contributed by atoms with Crippen LogP contribution in [0.5, 0.6) is 0 Å². The Morgan fingerprint density at radius 1 is 0.452 bits per heavy atom. The van der Waals surface area contributed by atoms with Gasteiger partial charge in [-0.15, -0.1) is 49.6 Å². The molecule has 8 rings (SSSR count). The van der Waals surface area contributed by atoms with E-state index in [9.17, 15) is 0 Å². The Labute approximate surface area is 308 Å². The summed E-state index contributed by atoms with van der Waals surface area (Å²) in [6.45, 7) is 0. The quantitative estimate of drug-likeness (QED) is 0.270. The van der Waals surface area contributed by atoms with Crippen LogP contribution in [-0.4, -0.2) is 0 Å². The zero-order valence-electron chi connectivity index (χ0n) is 23.6. The summed E-state index contributed by atoms with van der Waals surface area (Å²) in [5, 5.41) is 0. The number of hydrogen-bond donors (Lipinski definition) is 0. The first-order valence-electron chi connectivity index (χ1n) is 14.4. The molecule has 0 saturated heterocycles. The molecule has 8 atom stereocenters. The van der Waals surface area contributed by atoms with E-state index < -0.39 is 0 Å². The van der Waals surface area contributed by atoms with Crippen molar-refractivity contribution in [1.29, 1.82) is 0 Å². The fraction of sp³-hybridized carbons (Fsp3) is 0.333. The van der Waals surface area contributed by atoms with Crippen LogP contribution in [0.4, 0.5) is 0 Å². The number of allylic oxidation sites excluding steroid dienone is 10. The van der Waals surface area contributed by atoms with Crippen molar-refractivity contribution in [2.24, 2.45) is 23.7 Å². The fourth-order valence-electron chi connectivity index (χ4n) is 7.09. The van der Waals surface area contributed by atoms with E-state index in [0.29, 0.717) is 11.8 Å². The van der Waals surface area contributed by atoms with Crippen LogP contribution in [0.1, 0.15) is 59.8 Å². The molecule has 0 bridgehead atoms. The molecule has 2 fully saturated rings. The van der Waals surface area contributed by atoms with Gasteiger partial charge in [-0.3, -0.25) is 0 Å². The summed E-state index contributed by atoms with van der Waals surface area (Å²) in [5.41, 5.74) is 5.67. The average molecular weight is 797 g/mol. The minimum absolute atomic E-state index is 0. The summed E-state index contributed by atoms with van der Waals surface area (Å²) in [6, 6.07) is 17.4. The summed E-state index contributed by atoms with van der Waals surface area (Å²) < 4.78 is 2.02. The molecule has 0 radical (unpaired) electrons. The second kappa shape index (κ2) is 18.1. The SMILES string of the molecule is C1=CC(C2C=Cc3ccccc32)c2ccccc21.Cl.Cl.Cl.Cl.[Zr][CH]1CCC2C=CC=CC12.[Zr][CH]1CCC2C=CC=CC12. The number of benzene rings is 2. The van der Waals surface area contributed by atoms with Crippen LogP contribution >= 0.6 is 49.6 Å². The Hall–Kier alpha value is -0.194. The number of hydrogen-bond acceptors (Lipinski definition) is 0. The van der Waals surface area contributed by atoms with Crippen molar-refractivity contribution in [1.82, 2.24) is 0 Å². The molecule has 0 heterocycles. The Balaban J connectivity index is 0.000000224. The van der Waals surface area contributed by atoms with Gasteiger partial charge in [-0.2, -0.15) is 0 Å². The van der Waals surface area contributed by atoms with Gasteiger partial charge in [-0.1, -0.05) is 72.8 Å². The summed E-state index contributed by atoms with van der Waals surface area (Å²) >= 11 is 3.47. The first kappa shape index (κ1) is 38.0. The third-order valence-electron chi connectivity index (χ3n) is 9.21. The van der Waals surface area contributed by atoms with Gasteiger partial charge in [0.25, 0.3) is 0 Å². The van der Waals surface area contributed by atoms with E-state index in [2.05, 4.69) is 121 Å². The molecule has 0 N–H and O–H groups in total. The van der Waals surface area contributed by atoms with Gasteiger partial charge < -0.3 is 0 Å². The predicted molar refractivity (Wildman–Crippen MR) is 182 cm³/mol. The zero-order valence-corrected chi connectivity index (χ0v) is 31.8. The van der Waals surface area contributed by atoms with Crippen molar-refractivity contribution >= 4 is 61.8 Å². The summed E-state index contributed by atoms with van der Waals surface area (Å²) in [7, 11) is 0. The van der Waals surface area contributed by atoms with Gasteiger partial charge in [-0.25, -0.2) is 0 Å². The molecule has 6 aliphatic rings. The summed E-state index contributed by atoms with van der Waals surface area (Å²) in [6.07, 6.45) is 33.4. The predicted octanol–water partition coefficient (Wildman–Crippen LogP) is 11.2. The second-order valence-electron chi connectivity index (χ2n) is 11.4. The van der Waals surface area contributed by atoms with E-state index in [1.807, 2.05) is 0 Å². The van der Waals surface area contributed by atoms with Crippen LogP contribution in [0.2, 0.25) is 7.25 Å². The average Bonchev–Trinajstić information content (AvgIpc) is 3.76. The van der Waals surface area contributed by atoms with Gasteiger partial charge in [0.1, 0.15) is 0 Å². The molecular formula is C36H40Cl4Zr2. The van der Waals surface area contributed by atoms with Crippen LogP contribution in [0, 0.1) is 23.7 Å². The van der Waals surface area contributed by atoms with Crippen LogP contribution < -0.4 is 0 Å². The van der Waals surface area contributed by atoms with Crippen LogP contribution in [0.15, 0.2) is 109 Å². The first-order chi connectivity index (χ1) is 18.7. The van der Waals surface area contributed by atoms with Crippen LogP contribution in [0.25, 0.3) is 12.2 Å². The van der Waals surface area contributed by atoms with E-state index in [1.165, 1.54) is 47.9 Å². The second-order valence-corrected chi connectivity index (χ2v) is 15.1. The molecule has 2 aromatic carbocycles. The Bertz CT molecular complexity index is 1230. The first-order valence-corrected chi connectivity index (χ1v) is 17.2. The Kier molecular flexibility index (Phi) is 16.4. The minimum atomic E-state index is 0. The molecule has 220 valence electrons. The molecule has 0 aliphatic heterocycles. The molecule has 6 aliphatic carbocycles. The molecule has 0 spiro atoms. The molecule has 0 aromatic heterocycles. The third-order valence-corrected chi connectivity index (χ3v) is 12.5. The molecule has 0 amide bonds. The van der Waals surface area contributed by atoms with Crippen molar-refractivity contribution in [3.63, 3.8) is 0 Å². The van der Waals surface area contributed by atoms with Gasteiger partial charge in [0.05, 0.1) is 0 Å². The summed E-state index contributed by atoms with van der Waals surface area (Å²) in [5.74, 6) is 4.61. The van der Waals surface area contributed by atoms with E-state index in [1.54, 1.807) is 49.4 Å². The normalized spacial score (nSPS) is 30.7. The number of rotatable bonds is 1. The fourth-order valence-corrected chi connectivity index (χ4v) is 9.67. The molecule has 6 heteroatoms.